The summed E-state index contributed by atoms with van der Waals surface area (Å²) in [5.74, 6) is 0.337. The third-order valence-corrected chi connectivity index (χ3v) is 5.63. The minimum Gasteiger partial charge on any atom is -0.384 e. The fourth-order valence-electron chi connectivity index (χ4n) is 3.34. The number of para-hydroxylation sites is 1. The molecule has 1 aromatic heterocycles. The number of rotatable bonds is 5. The highest BCUT2D eigenvalue weighted by Gasteiger charge is 2.20. The average molecular weight is 370 g/mol. The Morgan fingerprint density at radius 3 is 2.43 bits per heavy atom. The summed E-state index contributed by atoms with van der Waals surface area (Å²) in [5, 5.41) is 7.22. The molecule has 0 aliphatic rings. The Balaban J connectivity index is 1.76. The van der Waals surface area contributed by atoms with Gasteiger partial charge < -0.3 is 11.1 Å². The van der Waals surface area contributed by atoms with Crippen LogP contribution in [-0.2, 0) is 0 Å². The van der Waals surface area contributed by atoms with E-state index in [1.165, 1.54) is 10.8 Å². The number of anilines is 1. The molecule has 3 aromatic carbocycles. The van der Waals surface area contributed by atoms with E-state index in [9.17, 15) is 0 Å². The topological polar surface area (TPSA) is 50.9 Å². The van der Waals surface area contributed by atoms with Crippen molar-refractivity contribution in [2.45, 2.75) is 26.3 Å². The summed E-state index contributed by atoms with van der Waals surface area (Å²) in [7, 11) is 0. The minimum absolute atomic E-state index is 0.225. The third-order valence-electron chi connectivity index (χ3n) is 5.63. The van der Waals surface area contributed by atoms with E-state index >= 15 is 0 Å². The van der Waals surface area contributed by atoms with Gasteiger partial charge in [-0.15, -0.1) is 0 Å². The molecule has 0 bridgehead atoms. The average Bonchev–Trinajstić information content (AvgIpc) is 2.70. The normalized spacial score (nSPS) is 13.0. The highest BCUT2D eigenvalue weighted by Crippen LogP contribution is 2.30. The standard InChI is InChI=1S/C25H27N3/c1-17(25(2,3)26)16-27-24-15-23(28-22-11-7-6-10-21(22)24)20-13-12-18-8-4-5-9-19(18)14-20/h4-15,17H,16,26H2,1-3H3,(H,27,28). The van der Waals surface area contributed by atoms with Crippen LogP contribution in [-0.4, -0.2) is 17.1 Å². The van der Waals surface area contributed by atoms with Crippen LogP contribution in [0.25, 0.3) is 32.9 Å². The molecule has 4 aromatic rings. The van der Waals surface area contributed by atoms with Crippen molar-refractivity contribution in [1.82, 2.24) is 4.98 Å². The second-order valence-corrected chi connectivity index (χ2v) is 8.24. The van der Waals surface area contributed by atoms with Gasteiger partial charge in [-0.3, -0.25) is 0 Å². The number of hydrogen-bond donors (Lipinski definition) is 2. The molecular formula is C25H27N3. The first kappa shape index (κ1) is 18.5. The third kappa shape index (κ3) is 3.71. The molecule has 4 rings (SSSR count). The van der Waals surface area contributed by atoms with Crippen LogP contribution in [0.2, 0.25) is 0 Å². The maximum atomic E-state index is 6.28. The van der Waals surface area contributed by atoms with Crippen molar-refractivity contribution in [2.24, 2.45) is 11.7 Å². The maximum absolute atomic E-state index is 6.28. The lowest BCUT2D eigenvalue weighted by Gasteiger charge is -2.28. The Bertz CT molecular complexity index is 1130. The van der Waals surface area contributed by atoms with Gasteiger partial charge in [0.1, 0.15) is 0 Å². The number of fused-ring (bicyclic) bond motifs is 2. The van der Waals surface area contributed by atoms with Crippen LogP contribution < -0.4 is 11.1 Å². The number of benzene rings is 3. The lowest BCUT2D eigenvalue weighted by molar-refractivity contribution is 0.362. The van der Waals surface area contributed by atoms with Crippen molar-refractivity contribution in [3.05, 3.63) is 72.8 Å². The summed E-state index contributed by atoms with van der Waals surface area (Å²) in [6, 6.07) is 25.4. The fraction of sp³-hybridized carbons (Fsp3) is 0.240. The quantitative estimate of drug-likeness (QED) is 0.464. The zero-order chi connectivity index (χ0) is 19.7. The smallest absolute Gasteiger partial charge is 0.0730 e. The molecule has 3 nitrogen and oxygen atoms in total. The van der Waals surface area contributed by atoms with Crippen LogP contribution in [0.1, 0.15) is 20.8 Å². The summed E-state index contributed by atoms with van der Waals surface area (Å²) in [5.41, 5.74) is 10.3. The lowest BCUT2D eigenvalue weighted by Crippen LogP contribution is -2.42. The van der Waals surface area contributed by atoms with Crippen molar-refractivity contribution in [2.75, 3.05) is 11.9 Å². The van der Waals surface area contributed by atoms with Gasteiger partial charge in [0.2, 0.25) is 0 Å². The van der Waals surface area contributed by atoms with Crippen LogP contribution in [0.4, 0.5) is 5.69 Å². The Kier molecular flexibility index (Phi) is 4.78. The molecule has 1 atom stereocenters. The summed E-state index contributed by atoms with van der Waals surface area (Å²) >= 11 is 0. The van der Waals surface area contributed by atoms with E-state index in [2.05, 4.69) is 92.8 Å². The highest BCUT2D eigenvalue weighted by molar-refractivity contribution is 5.95. The lowest BCUT2D eigenvalue weighted by atomic mass is 9.90. The first-order valence-corrected chi connectivity index (χ1v) is 9.83. The van der Waals surface area contributed by atoms with E-state index in [1.54, 1.807) is 0 Å². The molecule has 0 amide bonds. The van der Waals surface area contributed by atoms with Gasteiger partial charge in [-0.25, -0.2) is 4.98 Å². The predicted octanol–water partition coefficient (Wildman–Crippen LogP) is 5.84. The van der Waals surface area contributed by atoms with Crippen LogP contribution in [0, 0.1) is 5.92 Å². The van der Waals surface area contributed by atoms with E-state index < -0.39 is 0 Å². The number of nitrogens with two attached hydrogens (primary N) is 1. The molecule has 0 saturated heterocycles. The van der Waals surface area contributed by atoms with Crippen molar-refractivity contribution in [3.8, 4) is 11.3 Å². The number of aromatic nitrogens is 1. The molecule has 28 heavy (non-hydrogen) atoms. The van der Waals surface area contributed by atoms with Crippen LogP contribution >= 0.6 is 0 Å². The molecule has 1 heterocycles. The molecule has 0 fully saturated rings. The summed E-state index contributed by atoms with van der Waals surface area (Å²) in [6.07, 6.45) is 0. The van der Waals surface area contributed by atoms with Gasteiger partial charge in [-0.05, 0) is 48.7 Å². The first-order valence-electron chi connectivity index (χ1n) is 9.83. The van der Waals surface area contributed by atoms with Gasteiger partial charge in [0.25, 0.3) is 0 Å². The number of pyridine rings is 1. The summed E-state index contributed by atoms with van der Waals surface area (Å²) in [4.78, 5) is 4.92. The molecule has 0 aliphatic carbocycles. The van der Waals surface area contributed by atoms with Crippen molar-refractivity contribution in [3.63, 3.8) is 0 Å². The molecule has 0 saturated carbocycles. The molecular weight excluding hydrogens is 342 g/mol. The largest absolute Gasteiger partial charge is 0.384 e. The number of nitrogens with one attached hydrogen (secondary N) is 1. The molecule has 142 valence electrons. The molecule has 1 unspecified atom stereocenters. The van der Waals surface area contributed by atoms with Gasteiger partial charge in [0, 0.05) is 28.7 Å². The molecule has 0 radical (unpaired) electrons. The van der Waals surface area contributed by atoms with E-state index in [0.717, 1.165) is 34.4 Å². The van der Waals surface area contributed by atoms with Crippen molar-refractivity contribution in [1.29, 1.82) is 0 Å². The van der Waals surface area contributed by atoms with Crippen molar-refractivity contribution >= 4 is 27.4 Å². The van der Waals surface area contributed by atoms with Gasteiger partial charge in [-0.2, -0.15) is 0 Å². The van der Waals surface area contributed by atoms with Gasteiger partial charge in [0.15, 0.2) is 0 Å². The predicted molar refractivity (Wildman–Crippen MR) is 121 cm³/mol. The minimum atomic E-state index is -0.225. The first-order chi connectivity index (χ1) is 13.4. The monoisotopic (exact) mass is 369 g/mol. The fourth-order valence-corrected chi connectivity index (χ4v) is 3.34. The van der Waals surface area contributed by atoms with Gasteiger partial charge >= 0.3 is 0 Å². The summed E-state index contributed by atoms with van der Waals surface area (Å²) < 4.78 is 0. The zero-order valence-corrected chi connectivity index (χ0v) is 16.7. The van der Waals surface area contributed by atoms with Gasteiger partial charge in [-0.1, -0.05) is 61.5 Å². The molecule has 3 heteroatoms. The Morgan fingerprint density at radius 1 is 0.929 bits per heavy atom. The van der Waals surface area contributed by atoms with E-state index in [-0.39, 0.29) is 5.54 Å². The van der Waals surface area contributed by atoms with E-state index in [1.807, 2.05) is 6.07 Å². The molecule has 0 spiro atoms. The Labute approximate surface area is 166 Å². The summed E-state index contributed by atoms with van der Waals surface area (Å²) in [6.45, 7) is 7.14. The molecule has 3 N–H and O–H groups in total. The second-order valence-electron chi connectivity index (χ2n) is 8.24. The second kappa shape index (κ2) is 7.25. The SMILES string of the molecule is CC(CNc1cc(-c2ccc3ccccc3c2)nc2ccccc12)C(C)(C)N. The van der Waals surface area contributed by atoms with E-state index in [0.29, 0.717) is 5.92 Å². The van der Waals surface area contributed by atoms with E-state index in [4.69, 9.17) is 10.7 Å². The van der Waals surface area contributed by atoms with Crippen molar-refractivity contribution < 1.29 is 0 Å². The zero-order valence-electron chi connectivity index (χ0n) is 16.7. The number of hydrogen-bond acceptors (Lipinski definition) is 3. The molecule has 0 aliphatic heterocycles. The highest BCUT2D eigenvalue weighted by atomic mass is 14.9. The van der Waals surface area contributed by atoms with Crippen LogP contribution in [0.15, 0.2) is 72.8 Å². The van der Waals surface area contributed by atoms with Crippen LogP contribution in [0.5, 0.6) is 0 Å². The Hall–Kier alpha value is -2.91. The van der Waals surface area contributed by atoms with Crippen LogP contribution in [0.3, 0.4) is 0 Å². The number of nitrogens with zero attached hydrogens (tertiary/aromatic N) is 1. The van der Waals surface area contributed by atoms with Gasteiger partial charge in [0.05, 0.1) is 11.2 Å². The maximum Gasteiger partial charge on any atom is 0.0730 e. The Morgan fingerprint density at radius 2 is 1.64 bits per heavy atom.